The van der Waals surface area contributed by atoms with Crippen LogP contribution in [0.3, 0.4) is 0 Å². The van der Waals surface area contributed by atoms with Crippen molar-refractivity contribution in [1.82, 2.24) is 21.3 Å². The van der Waals surface area contributed by atoms with E-state index in [-0.39, 0.29) is 109 Å². The Morgan fingerprint density at radius 3 is 0.920 bits per heavy atom. The van der Waals surface area contributed by atoms with Gasteiger partial charge in [0.15, 0.2) is 6.29 Å². The zero-order valence-electron chi connectivity index (χ0n) is 52.1. The Kier molecular flexibility index (Phi) is 56.9. The third-order valence-corrected chi connectivity index (χ3v) is 12.4. The molecule has 0 aliphatic carbocycles. The number of hydrogen-bond donors (Lipinski definition) is 5. The van der Waals surface area contributed by atoms with E-state index >= 15 is 0 Å². The first-order valence-electron chi connectivity index (χ1n) is 31.5. The summed E-state index contributed by atoms with van der Waals surface area (Å²) in [5.74, 6) is -1.64. The smallest absolute Gasteiger partial charge is 0.466 e. The number of rotatable bonds is 59. The standard InChI is InChI=1S/C61H104N4O23/c1-3-51(66)77-39-23-25-41-79-53(68)31-15-8-5-11-19-35-62-57(72)83-44-28-27-43-81-55(70)34-18-14-22-38-64-59(74)85-46-30-48-88-61(76)87-47-29-45-84-58(73)63-36-20-12-7-10-17-33-56(71)82-49-50-86-60(75)65-37-21-13-6-9-16-32-54(69)80-42-26-24-40-78-52(67)4-2/h3-4,51,66H,1-2,5-50H2,(H,62,72)(H,63,73)(H,64,74)(H,65,75). The third kappa shape index (κ3) is 60.8. The summed E-state index contributed by atoms with van der Waals surface area (Å²) in [4.78, 5) is 118. The maximum Gasteiger partial charge on any atom is 0.508 e. The molecular weight excluding hydrogens is 1160 g/mol. The fourth-order valence-electron chi connectivity index (χ4n) is 7.53. The van der Waals surface area contributed by atoms with Crippen molar-refractivity contribution in [1.29, 1.82) is 0 Å². The fraction of sp³-hybridized carbons (Fsp3) is 0.770. The molecule has 4 amide bonds. The van der Waals surface area contributed by atoms with Crippen LogP contribution in [0.4, 0.5) is 24.0 Å². The molecule has 0 radical (unpaired) electrons. The molecule has 0 bridgehead atoms. The Bertz CT molecular complexity index is 1890. The predicted molar refractivity (Wildman–Crippen MR) is 320 cm³/mol. The van der Waals surface area contributed by atoms with Crippen LogP contribution in [0.1, 0.15) is 193 Å². The van der Waals surface area contributed by atoms with Crippen molar-refractivity contribution in [3.05, 3.63) is 25.3 Å². The Labute approximate surface area is 519 Å². The van der Waals surface area contributed by atoms with Gasteiger partial charge in [0.2, 0.25) is 0 Å². The Balaban J connectivity index is 3.51. The van der Waals surface area contributed by atoms with E-state index in [9.17, 15) is 53.1 Å². The molecule has 5 N–H and O–H groups in total. The number of ether oxygens (including phenoxy) is 12. The molecule has 0 aromatic carbocycles. The monoisotopic (exact) mass is 1260 g/mol. The summed E-state index contributed by atoms with van der Waals surface area (Å²) >= 11 is 0. The highest BCUT2D eigenvalue weighted by atomic mass is 16.7. The van der Waals surface area contributed by atoms with Crippen LogP contribution in [0.5, 0.6) is 0 Å². The summed E-state index contributed by atoms with van der Waals surface area (Å²) in [6.45, 7) is 10.0. The molecule has 0 aliphatic rings. The molecule has 0 heterocycles. The minimum atomic E-state index is -0.975. The van der Waals surface area contributed by atoms with E-state index < -0.39 is 42.8 Å². The largest absolute Gasteiger partial charge is 0.508 e. The molecule has 0 saturated heterocycles. The van der Waals surface area contributed by atoms with Gasteiger partial charge < -0.3 is 83.2 Å². The molecule has 0 aliphatic heterocycles. The molecule has 1 unspecified atom stereocenters. The number of aliphatic hydroxyl groups excluding tert-OH is 1. The van der Waals surface area contributed by atoms with Gasteiger partial charge in [0, 0.05) is 70.8 Å². The minimum absolute atomic E-state index is 0.0161. The number of alkyl carbamates (subject to hydrolysis) is 4. The van der Waals surface area contributed by atoms with Crippen LogP contribution in [0.15, 0.2) is 25.3 Å². The second-order valence-electron chi connectivity index (χ2n) is 20.1. The molecule has 27 heteroatoms. The number of esters is 5. The van der Waals surface area contributed by atoms with Crippen molar-refractivity contribution < 1.29 is 110 Å². The van der Waals surface area contributed by atoms with Crippen molar-refractivity contribution in [2.75, 3.05) is 105 Å². The van der Waals surface area contributed by atoms with E-state index in [0.717, 1.165) is 96.0 Å². The third-order valence-electron chi connectivity index (χ3n) is 12.4. The number of unbranched alkanes of at least 4 members (excludes halogenated alkanes) is 17. The van der Waals surface area contributed by atoms with Crippen LogP contribution < -0.4 is 21.3 Å². The van der Waals surface area contributed by atoms with Gasteiger partial charge in [-0.2, -0.15) is 0 Å². The highest BCUT2D eigenvalue weighted by Crippen LogP contribution is 2.10. The second kappa shape index (κ2) is 61.7. The number of carbonyl (C=O) groups excluding carboxylic acids is 10. The van der Waals surface area contributed by atoms with E-state index in [0.29, 0.717) is 123 Å². The molecule has 0 rings (SSSR count). The second-order valence-corrected chi connectivity index (χ2v) is 20.1. The summed E-state index contributed by atoms with van der Waals surface area (Å²) in [5, 5.41) is 19.9. The maximum absolute atomic E-state index is 12.0. The Morgan fingerprint density at radius 2 is 0.557 bits per heavy atom. The lowest BCUT2D eigenvalue weighted by atomic mass is 10.1. The zero-order chi connectivity index (χ0) is 64.6. The van der Waals surface area contributed by atoms with Crippen molar-refractivity contribution in [3.63, 3.8) is 0 Å². The molecule has 506 valence electrons. The van der Waals surface area contributed by atoms with Crippen molar-refractivity contribution >= 4 is 60.4 Å². The van der Waals surface area contributed by atoms with Crippen LogP contribution in [-0.2, 0) is 80.8 Å². The van der Waals surface area contributed by atoms with Crippen LogP contribution in [0.25, 0.3) is 0 Å². The first-order chi connectivity index (χ1) is 42.7. The van der Waals surface area contributed by atoms with Gasteiger partial charge in [0.05, 0.1) is 66.1 Å². The zero-order valence-corrected chi connectivity index (χ0v) is 52.1. The van der Waals surface area contributed by atoms with Gasteiger partial charge in [0.1, 0.15) is 13.2 Å². The van der Waals surface area contributed by atoms with Gasteiger partial charge in [-0.25, -0.2) is 28.8 Å². The molecule has 0 fully saturated rings. The van der Waals surface area contributed by atoms with Crippen LogP contribution in [-0.4, -0.2) is 177 Å². The summed E-state index contributed by atoms with van der Waals surface area (Å²) in [7, 11) is 0. The lowest BCUT2D eigenvalue weighted by molar-refractivity contribution is -0.145. The SMILES string of the molecule is C=CC(=O)OCCCCOC(=O)CCCCCCCNC(=O)OCCOC(=O)CCCCCCCNC(=O)OCCCOC(=O)OCCCOC(=O)NCCCCCC(=O)OCCCCOC(=O)NCCCCCCCC(=O)OCCCCOC(O)C=C. The minimum Gasteiger partial charge on any atom is -0.466 e. The molecule has 0 saturated carbocycles. The molecule has 0 spiro atoms. The first-order valence-corrected chi connectivity index (χ1v) is 31.5. The predicted octanol–water partition coefficient (Wildman–Crippen LogP) is 9.17. The topological polar surface area (TPSA) is 350 Å². The molecule has 88 heavy (non-hydrogen) atoms. The van der Waals surface area contributed by atoms with E-state index in [1.54, 1.807) is 0 Å². The van der Waals surface area contributed by atoms with E-state index in [1.807, 2.05) is 0 Å². The normalized spacial score (nSPS) is 10.9. The van der Waals surface area contributed by atoms with Crippen molar-refractivity contribution in [2.45, 2.75) is 199 Å². The number of amides is 4. The summed E-state index contributed by atoms with van der Waals surface area (Å²) in [6, 6.07) is 0. The molecule has 27 nitrogen and oxygen atoms in total. The quantitative estimate of drug-likeness (QED) is 0.00945. The first kappa shape index (κ1) is 81.1. The van der Waals surface area contributed by atoms with E-state index in [2.05, 4.69) is 34.4 Å². The van der Waals surface area contributed by atoms with Gasteiger partial charge >= 0.3 is 60.4 Å². The number of nitrogens with one attached hydrogen (secondary N) is 4. The average molecular weight is 1260 g/mol. The Hall–Kier alpha value is -6.90. The van der Waals surface area contributed by atoms with Crippen LogP contribution in [0.2, 0.25) is 0 Å². The average Bonchev–Trinajstić information content (AvgIpc) is 3.51. The van der Waals surface area contributed by atoms with Gasteiger partial charge in [-0.05, 0) is 96.0 Å². The van der Waals surface area contributed by atoms with E-state index in [4.69, 9.17) is 56.8 Å². The molecule has 1 atom stereocenters. The van der Waals surface area contributed by atoms with Crippen molar-refractivity contribution in [2.24, 2.45) is 0 Å². The van der Waals surface area contributed by atoms with Crippen molar-refractivity contribution in [3.8, 4) is 0 Å². The fourth-order valence-corrected chi connectivity index (χ4v) is 7.53. The lowest BCUT2D eigenvalue weighted by Gasteiger charge is -2.09. The highest BCUT2D eigenvalue weighted by Gasteiger charge is 2.11. The number of hydrogen-bond acceptors (Lipinski definition) is 23. The number of aliphatic hydroxyl groups is 1. The highest BCUT2D eigenvalue weighted by molar-refractivity contribution is 5.81. The Morgan fingerprint density at radius 1 is 0.295 bits per heavy atom. The van der Waals surface area contributed by atoms with Gasteiger partial charge in [-0.15, -0.1) is 0 Å². The molecule has 0 aromatic rings. The summed E-state index contributed by atoms with van der Waals surface area (Å²) in [6.07, 6.45) is 17.8. The van der Waals surface area contributed by atoms with Crippen LogP contribution in [0, 0.1) is 0 Å². The van der Waals surface area contributed by atoms with Gasteiger partial charge in [-0.3, -0.25) is 19.2 Å². The molecule has 0 aromatic heterocycles. The van der Waals surface area contributed by atoms with Crippen LogP contribution >= 0.6 is 0 Å². The lowest BCUT2D eigenvalue weighted by Crippen LogP contribution is -2.26. The molecular formula is C61H104N4O23. The number of carbonyl (C=O) groups is 10. The van der Waals surface area contributed by atoms with Gasteiger partial charge in [0.25, 0.3) is 0 Å². The van der Waals surface area contributed by atoms with Gasteiger partial charge in [-0.1, -0.05) is 77.4 Å². The van der Waals surface area contributed by atoms with E-state index in [1.165, 1.54) is 6.08 Å². The summed E-state index contributed by atoms with van der Waals surface area (Å²) < 4.78 is 60.9. The summed E-state index contributed by atoms with van der Waals surface area (Å²) in [5.41, 5.74) is 0. The maximum atomic E-state index is 12.0.